The van der Waals surface area contributed by atoms with E-state index >= 15 is 0 Å². The van der Waals surface area contributed by atoms with E-state index in [0.717, 1.165) is 0 Å². The lowest BCUT2D eigenvalue weighted by atomic mass is 9.99. The fourth-order valence-electron chi connectivity index (χ4n) is 2.14. The first-order chi connectivity index (χ1) is 10.5. The summed E-state index contributed by atoms with van der Waals surface area (Å²) >= 11 is 0. The Balaban J connectivity index is 2.20. The second-order valence-electron chi connectivity index (χ2n) is 4.84. The largest absolute Gasteiger partial charge is 0.493 e. The van der Waals surface area contributed by atoms with Crippen LogP contribution in [0.5, 0.6) is 11.5 Å². The monoisotopic (exact) mass is 314 g/mol. The molecule has 0 aromatic heterocycles. The molecule has 0 radical (unpaired) electrons. The van der Waals surface area contributed by atoms with Crippen LogP contribution in [-0.4, -0.2) is 71.1 Å². The van der Waals surface area contributed by atoms with Crippen molar-refractivity contribution < 1.29 is 39.4 Å². The van der Waals surface area contributed by atoms with Gasteiger partial charge in [-0.1, -0.05) is 0 Å². The molecule has 4 N–H and O–H groups in total. The summed E-state index contributed by atoms with van der Waals surface area (Å²) in [6, 6.07) is 4.37. The Morgan fingerprint density at radius 1 is 1.18 bits per heavy atom. The summed E-state index contributed by atoms with van der Waals surface area (Å²) < 4.78 is 15.8. The van der Waals surface area contributed by atoms with Gasteiger partial charge in [-0.05, 0) is 18.2 Å². The normalized spacial score (nSPS) is 31.6. The zero-order chi connectivity index (χ0) is 16.3. The molecular weight excluding hydrogens is 296 g/mol. The highest BCUT2D eigenvalue weighted by atomic mass is 16.7. The Bertz CT molecular complexity index is 518. The zero-order valence-corrected chi connectivity index (χ0v) is 11.8. The van der Waals surface area contributed by atoms with Gasteiger partial charge in [0.05, 0.1) is 13.7 Å². The number of hydrogen-bond donors (Lipinski definition) is 4. The van der Waals surface area contributed by atoms with Gasteiger partial charge in [-0.15, -0.1) is 0 Å². The Hall–Kier alpha value is -1.71. The number of aldehydes is 1. The van der Waals surface area contributed by atoms with Gasteiger partial charge < -0.3 is 34.6 Å². The van der Waals surface area contributed by atoms with Gasteiger partial charge in [0, 0.05) is 5.56 Å². The predicted octanol–water partition coefficient (Wildman–Crippen LogP) is -1.31. The second kappa shape index (κ2) is 7.03. The highest BCUT2D eigenvalue weighted by molar-refractivity contribution is 5.76. The van der Waals surface area contributed by atoms with E-state index in [4.69, 9.17) is 19.3 Å². The molecule has 5 atom stereocenters. The Morgan fingerprint density at radius 2 is 1.91 bits per heavy atom. The van der Waals surface area contributed by atoms with Crippen molar-refractivity contribution in [3.63, 3.8) is 0 Å². The number of carbonyl (C=O) groups excluding carboxylic acids is 1. The van der Waals surface area contributed by atoms with Crippen molar-refractivity contribution in [2.75, 3.05) is 13.7 Å². The first-order valence-corrected chi connectivity index (χ1v) is 6.62. The van der Waals surface area contributed by atoms with Crippen LogP contribution in [0.3, 0.4) is 0 Å². The third-order valence-electron chi connectivity index (χ3n) is 3.42. The van der Waals surface area contributed by atoms with E-state index in [1.54, 1.807) is 0 Å². The maximum Gasteiger partial charge on any atom is 0.229 e. The minimum atomic E-state index is -1.53. The third-order valence-corrected chi connectivity index (χ3v) is 3.42. The molecule has 22 heavy (non-hydrogen) atoms. The fourth-order valence-corrected chi connectivity index (χ4v) is 2.14. The number of hydrogen-bond acceptors (Lipinski definition) is 8. The molecule has 1 heterocycles. The lowest BCUT2D eigenvalue weighted by Gasteiger charge is -2.39. The summed E-state index contributed by atoms with van der Waals surface area (Å²) in [5.41, 5.74) is 0.373. The summed E-state index contributed by atoms with van der Waals surface area (Å²) in [6.07, 6.45) is -6.25. The van der Waals surface area contributed by atoms with E-state index < -0.39 is 37.3 Å². The first kappa shape index (κ1) is 16.7. The van der Waals surface area contributed by atoms with E-state index in [2.05, 4.69) is 0 Å². The van der Waals surface area contributed by atoms with Gasteiger partial charge in [0.1, 0.15) is 30.7 Å². The van der Waals surface area contributed by atoms with E-state index in [-0.39, 0.29) is 11.5 Å². The van der Waals surface area contributed by atoms with Crippen molar-refractivity contribution in [1.82, 2.24) is 0 Å². The fraction of sp³-hybridized carbons (Fsp3) is 0.500. The van der Waals surface area contributed by atoms with Gasteiger partial charge in [0.2, 0.25) is 6.29 Å². The number of benzene rings is 1. The number of aliphatic hydroxyl groups is 4. The van der Waals surface area contributed by atoms with Gasteiger partial charge in [0.25, 0.3) is 0 Å². The third kappa shape index (κ3) is 3.21. The van der Waals surface area contributed by atoms with Gasteiger partial charge >= 0.3 is 0 Å². The molecule has 1 unspecified atom stereocenters. The standard InChI is InChI=1S/C14H18O8/c1-20-9-4-7(5-15)2-3-8(9)21-14-13(19)12(18)11(17)10(6-16)22-14/h2-5,10-14,16-19H,6H2,1H3/t10-,11+,12-,13-,14?/m1/s1. The average molecular weight is 314 g/mol. The Morgan fingerprint density at radius 3 is 2.50 bits per heavy atom. The molecule has 1 aliphatic heterocycles. The van der Waals surface area contributed by atoms with Crippen molar-refractivity contribution >= 4 is 6.29 Å². The lowest BCUT2D eigenvalue weighted by molar-refractivity contribution is -0.277. The SMILES string of the molecule is COc1cc(C=O)ccc1OC1O[C@H](CO)[C@H](O)[C@@H](O)[C@H]1O. The number of methoxy groups -OCH3 is 1. The molecule has 1 aromatic rings. The molecule has 122 valence electrons. The van der Waals surface area contributed by atoms with E-state index in [0.29, 0.717) is 11.8 Å². The van der Waals surface area contributed by atoms with Crippen LogP contribution in [0.25, 0.3) is 0 Å². The zero-order valence-electron chi connectivity index (χ0n) is 11.8. The van der Waals surface area contributed by atoms with Crippen molar-refractivity contribution in [3.8, 4) is 11.5 Å². The topological polar surface area (TPSA) is 126 Å². The molecule has 1 aliphatic rings. The van der Waals surface area contributed by atoms with Crippen LogP contribution < -0.4 is 9.47 Å². The van der Waals surface area contributed by atoms with Crippen molar-refractivity contribution in [2.45, 2.75) is 30.7 Å². The highest BCUT2D eigenvalue weighted by Gasteiger charge is 2.44. The minimum Gasteiger partial charge on any atom is -0.493 e. The summed E-state index contributed by atoms with van der Waals surface area (Å²) in [7, 11) is 1.38. The maximum absolute atomic E-state index is 10.7. The van der Waals surface area contributed by atoms with Gasteiger partial charge in [-0.2, -0.15) is 0 Å². The molecule has 1 aromatic carbocycles. The van der Waals surface area contributed by atoms with E-state index in [1.165, 1.54) is 25.3 Å². The first-order valence-electron chi connectivity index (χ1n) is 6.62. The van der Waals surface area contributed by atoms with Crippen molar-refractivity contribution in [1.29, 1.82) is 0 Å². The van der Waals surface area contributed by atoms with Gasteiger partial charge in [-0.3, -0.25) is 4.79 Å². The van der Waals surface area contributed by atoms with Crippen LogP contribution in [0.4, 0.5) is 0 Å². The Kier molecular flexibility index (Phi) is 5.33. The summed E-state index contributed by atoms with van der Waals surface area (Å²) in [4.78, 5) is 10.7. The van der Waals surface area contributed by atoms with Gasteiger partial charge in [-0.25, -0.2) is 0 Å². The highest BCUT2D eigenvalue weighted by Crippen LogP contribution is 2.31. The van der Waals surface area contributed by atoms with Crippen LogP contribution in [0, 0.1) is 0 Å². The second-order valence-corrected chi connectivity index (χ2v) is 4.84. The van der Waals surface area contributed by atoms with E-state index in [1.807, 2.05) is 0 Å². The Labute approximate surface area is 126 Å². The van der Waals surface area contributed by atoms with Crippen LogP contribution in [0.15, 0.2) is 18.2 Å². The molecular formula is C14H18O8. The summed E-state index contributed by atoms with van der Waals surface area (Å²) in [5, 5.41) is 38.4. The molecule has 0 spiro atoms. The predicted molar refractivity (Wildman–Crippen MR) is 72.8 cm³/mol. The van der Waals surface area contributed by atoms with Crippen LogP contribution in [-0.2, 0) is 4.74 Å². The van der Waals surface area contributed by atoms with Crippen molar-refractivity contribution in [3.05, 3.63) is 23.8 Å². The van der Waals surface area contributed by atoms with Crippen LogP contribution in [0.1, 0.15) is 10.4 Å². The van der Waals surface area contributed by atoms with Crippen molar-refractivity contribution in [2.24, 2.45) is 0 Å². The number of aliphatic hydroxyl groups excluding tert-OH is 4. The molecule has 1 fully saturated rings. The minimum absolute atomic E-state index is 0.178. The molecule has 2 rings (SSSR count). The van der Waals surface area contributed by atoms with Crippen LogP contribution in [0.2, 0.25) is 0 Å². The molecule has 8 nitrogen and oxygen atoms in total. The van der Waals surface area contributed by atoms with Gasteiger partial charge in [0.15, 0.2) is 11.5 Å². The quantitative estimate of drug-likeness (QED) is 0.493. The van der Waals surface area contributed by atoms with Crippen LogP contribution >= 0.6 is 0 Å². The molecule has 0 aliphatic carbocycles. The summed E-state index contributed by atoms with van der Waals surface area (Å²) in [6.45, 7) is -0.550. The number of rotatable bonds is 5. The lowest BCUT2D eigenvalue weighted by Crippen LogP contribution is -2.60. The molecule has 0 saturated carbocycles. The smallest absolute Gasteiger partial charge is 0.229 e. The summed E-state index contributed by atoms with van der Waals surface area (Å²) in [5.74, 6) is 0.416. The maximum atomic E-state index is 10.7. The molecule has 0 amide bonds. The molecule has 8 heteroatoms. The molecule has 0 bridgehead atoms. The average Bonchev–Trinajstić information content (AvgIpc) is 2.55. The number of carbonyl (C=O) groups is 1. The number of ether oxygens (including phenoxy) is 3. The van der Waals surface area contributed by atoms with E-state index in [9.17, 15) is 20.1 Å². The molecule has 1 saturated heterocycles.